The number of ether oxygens (including phenoxy) is 4. The molecule has 0 spiro atoms. The van der Waals surface area contributed by atoms with Crippen LogP contribution in [0.1, 0.15) is 52.7 Å². The molecule has 0 unspecified atom stereocenters. The van der Waals surface area contributed by atoms with Crippen LogP contribution in [0.15, 0.2) is 182 Å². The average molecular weight is 1220 g/mol. The molecular weight excluding hydrogens is 1140 g/mol. The van der Waals surface area contributed by atoms with E-state index in [1.54, 1.807) is 30.6 Å². The summed E-state index contributed by atoms with van der Waals surface area (Å²) >= 11 is 11.2. The van der Waals surface area contributed by atoms with Crippen LogP contribution in [-0.2, 0) is 41.8 Å². The second kappa shape index (κ2) is 36.4. The van der Waals surface area contributed by atoms with Crippen molar-refractivity contribution in [2.75, 3.05) is 111 Å². The minimum atomic E-state index is -0.617. The van der Waals surface area contributed by atoms with E-state index in [9.17, 15) is 28.8 Å². The summed E-state index contributed by atoms with van der Waals surface area (Å²) in [6.07, 6.45) is -1.79. The zero-order chi connectivity index (χ0) is 62.2. The lowest BCUT2D eigenvalue weighted by Crippen LogP contribution is -2.54. The quantitative estimate of drug-likeness (QED) is 0.0614. The zero-order valence-corrected chi connectivity index (χ0v) is 51.7. The van der Waals surface area contributed by atoms with Gasteiger partial charge in [0.2, 0.25) is 11.8 Å². The Balaban J connectivity index is 0.000000224. The van der Waals surface area contributed by atoms with Crippen molar-refractivity contribution in [1.29, 1.82) is 0 Å². The van der Waals surface area contributed by atoms with Crippen molar-refractivity contribution in [1.82, 2.24) is 19.6 Å². The van der Waals surface area contributed by atoms with Crippen molar-refractivity contribution >= 4 is 82.1 Å². The van der Waals surface area contributed by atoms with Crippen molar-refractivity contribution in [3.8, 4) is 0 Å². The molecule has 0 aromatic heterocycles. The molecule has 86 heavy (non-hydrogen) atoms. The fourth-order valence-corrected chi connectivity index (χ4v) is 8.52. The Kier molecular flexibility index (Phi) is 28.9. The number of nitrogens with one attached hydrogen (secondary N) is 2. The van der Waals surface area contributed by atoms with E-state index in [0.717, 1.165) is 34.7 Å². The van der Waals surface area contributed by atoms with Crippen molar-refractivity contribution in [2.24, 2.45) is 0 Å². The lowest BCUT2D eigenvalue weighted by Gasteiger charge is -2.36. The molecule has 6 amide bonds. The van der Waals surface area contributed by atoms with E-state index >= 15 is 0 Å². The smallest absolute Gasteiger partial charge is 0.414 e. The third-order valence-corrected chi connectivity index (χ3v) is 12.9. The van der Waals surface area contributed by atoms with Gasteiger partial charge in [0.1, 0.15) is 37.5 Å². The lowest BCUT2D eigenvalue weighted by atomic mass is 10.2. The summed E-state index contributed by atoms with van der Waals surface area (Å²) in [6.45, 7) is 16.2. The molecule has 2 aliphatic heterocycles. The van der Waals surface area contributed by atoms with Crippen LogP contribution in [0.5, 0.6) is 0 Å². The molecule has 18 nitrogen and oxygen atoms in total. The molecule has 0 aliphatic carbocycles. The second-order valence-corrected chi connectivity index (χ2v) is 22.3. The summed E-state index contributed by atoms with van der Waals surface area (Å²) in [5, 5.41) is 6.44. The minimum Gasteiger partial charge on any atom is -0.444 e. The van der Waals surface area contributed by atoms with Gasteiger partial charge in [-0.05, 0) is 101 Å². The van der Waals surface area contributed by atoms with Gasteiger partial charge in [0, 0.05) is 100.0 Å². The predicted molar refractivity (Wildman–Crippen MR) is 341 cm³/mol. The van der Waals surface area contributed by atoms with Gasteiger partial charge in [-0.2, -0.15) is 0 Å². The van der Waals surface area contributed by atoms with Crippen LogP contribution < -0.4 is 20.4 Å². The number of hydrogen-bond donors (Lipinski definition) is 2. The normalized spacial score (nSPS) is 13.0. The number of amides is 6. The van der Waals surface area contributed by atoms with Crippen LogP contribution in [0.3, 0.4) is 0 Å². The molecule has 2 aliphatic rings. The van der Waals surface area contributed by atoms with Gasteiger partial charge in [0.05, 0.1) is 0 Å². The maximum absolute atomic E-state index is 12.9. The highest BCUT2D eigenvalue weighted by Gasteiger charge is 2.32. The van der Waals surface area contributed by atoms with E-state index in [0.29, 0.717) is 69.8 Å². The zero-order valence-electron chi connectivity index (χ0n) is 50.2. The van der Waals surface area contributed by atoms with Crippen LogP contribution in [0.2, 0.25) is 0 Å². The number of anilines is 4. The van der Waals surface area contributed by atoms with Crippen molar-refractivity contribution in [2.45, 2.75) is 66.0 Å². The summed E-state index contributed by atoms with van der Waals surface area (Å²) in [6, 6.07) is 57.5. The Morgan fingerprint density at radius 3 is 1.16 bits per heavy atom. The Morgan fingerprint density at radius 1 is 0.453 bits per heavy atom. The first-order valence-electron chi connectivity index (χ1n) is 28.6. The monoisotopic (exact) mass is 1220 g/mol. The summed E-state index contributed by atoms with van der Waals surface area (Å²) in [5.74, 6) is 0.777. The number of rotatable bonds is 18. The molecule has 20 heteroatoms. The molecule has 0 atom stereocenters. The number of para-hydroxylation sites is 4. The van der Waals surface area contributed by atoms with Crippen LogP contribution in [0.25, 0.3) is 0 Å². The van der Waals surface area contributed by atoms with Gasteiger partial charge < -0.3 is 39.4 Å². The summed E-state index contributed by atoms with van der Waals surface area (Å²) in [5.41, 5.74) is 4.33. The fourth-order valence-electron chi connectivity index (χ4n) is 8.26. The van der Waals surface area contributed by atoms with Gasteiger partial charge in [-0.1, -0.05) is 133 Å². The number of carbonyl (C=O) groups is 6. The van der Waals surface area contributed by atoms with Gasteiger partial charge in [-0.25, -0.2) is 19.2 Å². The summed E-state index contributed by atoms with van der Waals surface area (Å²) < 4.78 is 21.5. The molecule has 0 bridgehead atoms. The SMILES string of the molecule is CC(C)(C)OC(=O)N1CCN(CCN(C(=O)OCc2ccccc2)c2ccccc2)C(=O)C1.CC(C)(C)OC(=O)N1CCN(CCNc2ccccc2)C(=O)C1.ClCCNc1ccccc1.O=C(OCc1ccccc1)N(CCCl)c1ccccc1. The molecule has 2 N–H and O–H groups in total. The first-order chi connectivity index (χ1) is 41.3. The van der Waals surface area contributed by atoms with Gasteiger partial charge in [-0.3, -0.25) is 29.2 Å². The number of nitrogens with zero attached hydrogens (tertiary/aromatic N) is 6. The maximum atomic E-state index is 12.9. The summed E-state index contributed by atoms with van der Waals surface area (Å²) in [4.78, 5) is 83.5. The number of halogens is 2. The molecule has 460 valence electrons. The number of hydrogen-bond acceptors (Lipinski definition) is 12. The molecule has 2 heterocycles. The first-order valence-corrected chi connectivity index (χ1v) is 29.7. The molecule has 2 fully saturated rings. The molecule has 0 radical (unpaired) electrons. The number of alkyl halides is 2. The highest BCUT2D eigenvalue weighted by atomic mass is 35.5. The van der Waals surface area contributed by atoms with Crippen molar-refractivity contribution in [3.05, 3.63) is 193 Å². The van der Waals surface area contributed by atoms with Crippen LogP contribution in [-0.4, -0.2) is 157 Å². The number of benzene rings is 6. The van der Waals surface area contributed by atoms with E-state index in [1.165, 1.54) is 19.6 Å². The molecule has 6 aromatic rings. The molecule has 8 rings (SSSR count). The molecular formula is C66H82Cl2N8O10. The molecule has 6 aromatic carbocycles. The molecule has 0 saturated carbocycles. The third-order valence-electron chi connectivity index (χ3n) is 12.5. The maximum Gasteiger partial charge on any atom is 0.414 e. The van der Waals surface area contributed by atoms with E-state index in [-0.39, 0.29) is 50.8 Å². The lowest BCUT2D eigenvalue weighted by molar-refractivity contribution is -0.136. The molecule has 2 saturated heterocycles. The van der Waals surface area contributed by atoms with Crippen LogP contribution >= 0.6 is 23.2 Å². The minimum absolute atomic E-state index is 0.0430. The van der Waals surface area contributed by atoms with Crippen LogP contribution in [0.4, 0.5) is 41.9 Å². The largest absolute Gasteiger partial charge is 0.444 e. The predicted octanol–water partition coefficient (Wildman–Crippen LogP) is 12.5. The van der Waals surface area contributed by atoms with E-state index in [4.69, 9.17) is 42.1 Å². The van der Waals surface area contributed by atoms with Gasteiger partial charge in [-0.15, -0.1) is 23.2 Å². The standard InChI is InChI=1S/C25H31N3O5.C17H25N3O3.C16H16ClNO2.C8H10ClN/c1-25(2,3)33-23(30)27-15-14-26(22(29)18-27)16-17-28(21-12-8-5-9-13-21)24(31)32-19-20-10-6-4-7-11-20;1-17(2,3)23-16(22)20-12-11-19(15(21)13-20)10-9-18-14-7-5-4-6-8-14;17-11-12-18(15-9-5-2-6-10-15)16(19)20-13-14-7-3-1-4-8-14;9-6-7-10-8-4-2-1-3-5-8/h4-13H,14-19H2,1-3H3;4-8,18H,9-13H2,1-3H3;1-10H,11-13H2;1-5,10H,6-7H2. The average Bonchev–Trinajstić information content (AvgIpc) is 3.51. The first kappa shape index (κ1) is 68.3. The van der Waals surface area contributed by atoms with E-state index < -0.39 is 29.5 Å². The van der Waals surface area contributed by atoms with E-state index in [2.05, 4.69) is 10.6 Å². The third kappa shape index (κ3) is 25.8. The Morgan fingerprint density at radius 2 is 0.802 bits per heavy atom. The topological polar surface area (TPSA) is 183 Å². The van der Waals surface area contributed by atoms with Crippen molar-refractivity contribution in [3.63, 3.8) is 0 Å². The summed E-state index contributed by atoms with van der Waals surface area (Å²) in [7, 11) is 0. The Bertz CT molecular complexity index is 2950. The number of carbonyl (C=O) groups excluding carboxylic acids is 6. The highest BCUT2D eigenvalue weighted by molar-refractivity contribution is 6.18. The van der Waals surface area contributed by atoms with E-state index in [1.807, 2.05) is 203 Å². The fraction of sp³-hybridized carbons (Fsp3) is 0.364. The van der Waals surface area contributed by atoms with Gasteiger partial charge in [0.15, 0.2) is 0 Å². The Hall–Kier alpha value is -8.48. The van der Waals surface area contributed by atoms with Crippen molar-refractivity contribution < 1.29 is 47.7 Å². The highest BCUT2D eigenvalue weighted by Crippen LogP contribution is 2.19. The van der Waals surface area contributed by atoms with Gasteiger partial charge in [0.25, 0.3) is 0 Å². The number of piperazine rings is 2. The second-order valence-electron chi connectivity index (χ2n) is 21.6. The van der Waals surface area contributed by atoms with Crippen LogP contribution in [0, 0.1) is 0 Å². The Labute approximate surface area is 516 Å². The van der Waals surface area contributed by atoms with Gasteiger partial charge >= 0.3 is 24.4 Å².